The minimum Gasteiger partial charge on any atom is -0.478 e. The first-order chi connectivity index (χ1) is 11.6. The maximum atomic E-state index is 11.1. The monoisotopic (exact) mass is 422 g/mol. The number of nitrogens with one attached hydrogen (secondary N) is 1. The van der Waals surface area contributed by atoms with E-state index in [1.807, 2.05) is 23.6 Å². The Labute approximate surface area is 152 Å². The number of aromatic carboxylic acids is 1. The molecular weight excluding hydrogens is 416 g/mol. The van der Waals surface area contributed by atoms with E-state index in [0.717, 1.165) is 4.88 Å². The first-order valence-corrected chi connectivity index (χ1v) is 8.84. The zero-order valence-corrected chi connectivity index (χ0v) is 14.9. The Morgan fingerprint density at radius 3 is 3.08 bits per heavy atom. The molecule has 0 aliphatic carbocycles. The zero-order valence-electron chi connectivity index (χ0n) is 11.7. The minimum atomic E-state index is -1.05. The van der Waals surface area contributed by atoms with Crippen LogP contribution in [0.25, 0.3) is 10.8 Å². The van der Waals surface area contributed by atoms with Gasteiger partial charge in [0, 0.05) is 0 Å². The summed E-state index contributed by atoms with van der Waals surface area (Å²) in [5, 5.41) is 24.1. The molecule has 0 fully saturated rings. The summed E-state index contributed by atoms with van der Waals surface area (Å²) in [6, 6.07) is 7.10. The van der Waals surface area contributed by atoms with Crippen LogP contribution in [0.5, 0.6) is 0 Å². The molecule has 0 spiro atoms. The van der Waals surface area contributed by atoms with E-state index in [1.54, 1.807) is 0 Å². The molecular formula is C14H7BrN4O3S2. The van der Waals surface area contributed by atoms with Crippen LogP contribution in [0.4, 0.5) is 5.88 Å². The Bertz CT molecular complexity index is 953. The summed E-state index contributed by atoms with van der Waals surface area (Å²) in [5.74, 6) is -0.621. The fourth-order valence-corrected chi connectivity index (χ4v) is 3.91. The van der Waals surface area contributed by atoms with Crippen LogP contribution in [0.15, 0.2) is 36.9 Å². The van der Waals surface area contributed by atoms with Crippen LogP contribution >= 0.6 is 38.6 Å². The van der Waals surface area contributed by atoms with E-state index < -0.39 is 5.97 Å². The maximum Gasteiger partial charge on any atom is 0.337 e. The van der Waals surface area contributed by atoms with Crippen LogP contribution in [0.3, 0.4) is 0 Å². The largest absolute Gasteiger partial charge is 0.478 e. The molecule has 0 bridgehead atoms. The van der Waals surface area contributed by atoms with Gasteiger partial charge in [0.15, 0.2) is 0 Å². The normalized spacial score (nSPS) is 10.8. The van der Waals surface area contributed by atoms with Crippen molar-refractivity contribution in [3.05, 3.63) is 43.5 Å². The molecule has 0 atom stereocenters. The number of hydrogen-bond acceptors (Lipinski definition) is 8. The van der Waals surface area contributed by atoms with E-state index in [2.05, 4.69) is 31.4 Å². The molecule has 7 nitrogen and oxygen atoms in total. The lowest BCUT2D eigenvalue weighted by Gasteiger charge is -1.94. The highest BCUT2D eigenvalue weighted by atomic mass is 79.9. The van der Waals surface area contributed by atoms with Crippen LogP contribution in [-0.4, -0.2) is 22.3 Å². The number of thiophene rings is 2. The Kier molecular flexibility index (Phi) is 4.75. The van der Waals surface area contributed by atoms with Gasteiger partial charge in [-0.3, -0.25) is 0 Å². The number of aromatic nitrogens is 1. The molecule has 0 saturated heterocycles. The summed E-state index contributed by atoms with van der Waals surface area (Å²) < 4.78 is 6.18. The Morgan fingerprint density at radius 1 is 1.58 bits per heavy atom. The molecule has 3 rings (SSSR count). The average molecular weight is 423 g/mol. The van der Waals surface area contributed by atoms with Crippen LogP contribution in [0.2, 0.25) is 0 Å². The molecule has 0 aromatic carbocycles. The highest BCUT2D eigenvalue weighted by molar-refractivity contribution is 9.11. The third-order valence-electron chi connectivity index (χ3n) is 2.77. The Morgan fingerprint density at radius 2 is 2.42 bits per heavy atom. The second-order valence-corrected chi connectivity index (χ2v) is 7.70. The number of oxazole rings is 1. The smallest absolute Gasteiger partial charge is 0.337 e. The quantitative estimate of drug-likeness (QED) is 0.469. The van der Waals surface area contributed by atoms with Gasteiger partial charge in [-0.25, -0.2) is 10.2 Å². The van der Waals surface area contributed by atoms with Crippen molar-refractivity contribution in [2.45, 2.75) is 0 Å². The van der Waals surface area contributed by atoms with Gasteiger partial charge >= 0.3 is 5.97 Å². The topological polar surface area (TPSA) is 112 Å². The van der Waals surface area contributed by atoms with Crippen molar-refractivity contribution in [1.82, 2.24) is 4.98 Å². The van der Waals surface area contributed by atoms with Crippen LogP contribution in [0, 0.1) is 11.3 Å². The number of carboxylic acids is 1. The molecule has 2 N–H and O–H groups in total. The summed E-state index contributed by atoms with van der Waals surface area (Å²) in [5.41, 5.74) is 2.80. The summed E-state index contributed by atoms with van der Waals surface area (Å²) in [7, 11) is 0. The van der Waals surface area contributed by atoms with Gasteiger partial charge in [-0.1, -0.05) is 6.07 Å². The lowest BCUT2D eigenvalue weighted by molar-refractivity contribution is 0.0697. The SMILES string of the molecule is N#Cc1nc(-c2cccs2)oc1N/N=C/c1sc(Br)cc1C(=O)O. The molecule has 0 saturated carbocycles. The number of nitriles is 1. The third-order valence-corrected chi connectivity index (χ3v) is 5.20. The number of halogens is 1. The minimum absolute atomic E-state index is 0.0707. The molecule has 0 aliphatic rings. The summed E-state index contributed by atoms with van der Waals surface area (Å²) in [6.07, 6.45) is 1.35. The molecule has 0 unspecified atom stereocenters. The van der Waals surface area contributed by atoms with Crippen molar-refractivity contribution in [2.75, 3.05) is 5.43 Å². The molecule has 3 aromatic heterocycles. The van der Waals surface area contributed by atoms with E-state index >= 15 is 0 Å². The van der Waals surface area contributed by atoms with Crippen LogP contribution < -0.4 is 5.43 Å². The van der Waals surface area contributed by atoms with Gasteiger partial charge in [0.05, 0.1) is 25.3 Å². The van der Waals surface area contributed by atoms with Gasteiger partial charge in [0.2, 0.25) is 11.6 Å². The van der Waals surface area contributed by atoms with E-state index in [0.29, 0.717) is 14.6 Å². The zero-order chi connectivity index (χ0) is 17.1. The third kappa shape index (κ3) is 3.38. The number of carboxylic acid groups (broad SMARTS) is 1. The van der Waals surface area contributed by atoms with E-state index in [4.69, 9.17) is 14.8 Å². The van der Waals surface area contributed by atoms with E-state index in [-0.39, 0.29) is 17.1 Å². The summed E-state index contributed by atoms with van der Waals surface area (Å²) in [4.78, 5) is 16.5. The molecule has 3 heterocycles. The molecule has 24 heavy (non-hydrogen) atoms. The Balaban J connectivity index is 1.82. The number of hydrogen-bond donors (Lipinski definition) is 2. The highest BCUT2D eigenvalue weighted by Gasteiger charge is 2.15. The van der Waals surface area contributed by atoms with E-state index in [9.17, 15) is 4.79 Å². The molecule has 0 radical (unpaired) electrons. The maximum absolute atomic E-state index is 11.1. The predicted octanol–water partition coefficient (Wildman–Crippen LogP) is 4.24. The molecule has 10 heteroatoms. The fraction of sp³-hybridized carbons (Fsp3) is 0. The van der Waals surface area contributed by atoms with Crippen molar-refractivity contribution in [3.8, 4) is 16.8 Å². The van der Waals surface area contributed by atoms with Crippen molar-refractivity contribution >= 4 is 56.7 Å². The molecule has 0 aliphatic heterocycles. The first kappa shape index (κ1) is 16.4. The summed E-state index contributed by atoms with van der Waals surface area (Å²) >= 11 is 5.90. The highest BCUT2D eigenvalue weighted by Crippen LogP contribution is 2.29. The van der Waals surface area contributed by atoms with Crippen LogP contribution in [0.1, 0.15) is 20.9 Å². The van der Waals surface area contributed by atoms with Crippen molar-refractivity contribution in [3.63, 3.8) is 0 Å². The molecule has 3 aromatic rings. The van der Waals surface area contributed by atoms with E-state index in [1.165, 1.54) is 35.0 Å². The van der Waals surface area contributed by atoms with Crippen molar-refractivity contribution in [2.24, 2.45) is 5.10 Å². The van der Waals surface area contributed by atoms with Gasteiger partial charge in [-0.05, 0) is 33.4 Å². The number of anilines is 1. The fourth-order valence-electron chi connectivity index (χ4n) is 1.76. The standard InChI is InChI=1S/C14H7BrN4O3S2/c15-11-4-7(14(20)21)10(24-11)6-17-19-12-8(5-16)18-13(22-12)9-2-1-3-23-9/h1-4,6,19H,(H,20,21)/b17-6+. The van der Waals surface area contributed by atoms with Crippen LogP contribution in [-0.2, 0) is 0 Å². The number of nitrogens with zero attached hydrogens (tertiary/aromatic N) is 3. The average Bonchev–Trinajstić information content (AvgIpc) is 3.26. The second-order valence-electron chi connectivity index (χ2n) is 4.29. The molecule has 120 valence electrons. The van der Waals surface area contributed by atoms with Gasteiger partial charge < -0.3 is 9.52 Å². The number of carbonyl (C=O) groups is 1. The number of rotatable bonds is 5. The lowest BCUT2D eigenvalue weighted by atomic mass is 10.3. The van der Waals surface area contributed by atoms with Gasteiger partial charge in [-0.2, -0.15) is 15.3 Å². The Hall–Kier alpha value is -2.48. The predicted molar refractivity (Wildman–Crippen MR) is 94.7 cm³/mol. The van der Waals surface area contributed by atoms with Gasteiger partial charge in [-0.15, -0.1) is 22.7 Å². The van der Waals surface area contributed by atoms with Gasteiger partial charge in [0.25, 0.3) is 5.88 Å². The van der Waals surface area contributed by atoms with Crippen molar-refractivity contribution in [1.29, 1.82) is 5.26 Å². The summed E-state index contributed by atoms with van der Waals surface area (Å²) in [6.45, 7) is 0. The lowest BCUT2D eigenvalue weighted by Crippen LogP contribution is -1.98. The molecule has 0 amide bonds. The first-order valence-electron chi connectivity index (χ1n) is 6.35. The van der Waals surface area contributed by atoms with Crippen molar-refractivity contribution < 1.29 is 14.3 Å². The van der Waals surface area contributed by atoms with Gasteiger partial charge in [0.1, 0.15) is 6.07 Å². The second kappa shape index (κ2) is 6.96. The number of hydrazone groups is 1.